The number of imidazole rings is 1. The van der Waals surface area contributed by atoms with Crippen LogP contribution < -0.4 is 10.6 Å². The molecule has 2 aromatic rings. The summed E-state index contributed by atoms with van der Waals surface area (Å²) in [4.78, 5) is 25.4. The second-order valence-electron chi connectivity index (χ2n) is 6.61. The minimum Gasteiger partial charge on any atom is -0.349 e. The molecule has 1 aliphatic rings. The molecule has 1 amide bonds. The van der Waals surface area contributed by atoms with E-state index in [0.717, 1.165) is 42.5 Å². The lowest BCUT2D eigenvalue weighted by Gasteiger charge is -2.22. The highest BCUT2D eigenvalue weighted by Gasteiger charge is 2.18. The highest BCUT2D eigenvalue weighted by molar-refractivity contribution is 5.76. The largest absolute Gasteiger partial charge is 0.349 e. The standard InChI is InChI=1S/C18H26N6O/c1-13-22-15(10-16(23-13)14-4-3-7-19-11-14)5-6-18(25)21-12-17-20-8-9-24(17)2/h8-10,14,19H,3-7,11-12H2,1-2H3,(H,21,25)/t14-/m0/s1. The number of piperidine rings is 1. The van der Waals surface area contributed by atoms with Gasteiger partial charge in [0, 0.05) is 49.7 Å². The Balaban J connectivity index is 1.54. The maximum atomic E-state index is 12.1. The van der Waals surface area contributed by atoms with Gasteiger partial charge in [0.15, 0.2) is 0 Å². The third-order valence-electron chi connectivity index (χ3n) is 4.60. The fourth-order valence-electron chi connectivity index (χ4n) is 3.17. The van der Waals surface area contributed by atoms with Gasteiger partial charge < -0.3 is 15.2 Å². The molecule has 1 aliphatic heterocycles. The molecule has 2 N–H and O–H groups in total. The van der Waals surface area contributed by atoms with Gasteiger partial charge in [0.1, 0.15) is 11.6 Å². The summed E-state index contributed by atoms with van der Waals surface area (Å²) in [6.45, 7) is 4.43. The highest BCUT2D eigenvalue weighted by Crippen LogP contribution is 2.22. The van der Waals surface area contributed by atoms with Crippen LogP contribution in [-0.4, -0.2) is 38.5 Å². The number of aromatic nitrogens is 4. The zero-order valence-corrected chi connectivity index (χ0v) is 15.0. The number of hydrogen-bond donors (Lipinski definition) is 2. The van der Waals surface area contributed by atoms with Crippen molar-refractivity contribution in [1.82, 2.24) is 30.2 Å². The van der Waals surface area contributed by atoms with Gasteiger partial charge in [-0.2, -0.15) is 0 Å². The van der Waals surface area contributed by atoms with Crippen LogP contribution in [0.1, 0.15) is 48.2 Å². The molecular formula is C18H26N6O. The first kappa shape index (κ1) is 17.5. The van der Waals surface area contributed by atoms with E-state index in [9.17, 15) is 4.79 Å². The molecule has 1 atom stereocenters. The van der Waals surface area contributed by atoms with Crippen molar-refractivity contribution in [1.29, 1.82) is 0 Å². The van der Waals surface area contributed by atoms with E-state index in [0.29, 0.717) is 25.3 Å². The van der Waals surface area contributed by atoms with Crippen molar-refractivity contribution in [2.45, 2.75) is 45.1 Å². The number of amides is 1. The van der Waals surface area contributed by atoms with E-state index >= 15 is 0 Å². The topological polar surface area (TPSA) is 84.7 Å². The first-order valence-corrected chi connectivity index (χ1v) is 8.90. The molecule has 134 valence electrons. The molecular weight excluding hydrogens is 316 g/mol. The number of carbonyl (C=O) groups excluding carboxylic acids is 1. The molecule has 7 heteroatoms. The quantitative estimate of drug-likeness (QED) is 0.825. The maximum Gasteiger partial charge on any atom is 0.220 e. The molecule has 0 radical (unpaired) electrons. The summed E-state index contributed by atoms with van der Waals surface area (Å²) >= 11 is 0. The monoisotopic (exact) mass is 342 g/mol. The second kappa shape index (κ2) is 8.20. The van der Waals surface area contributed by atoms with Crippen LogP contribution in [0.4, 0.5) is 0 Å². The zero-order chi connectivity index (χ0) is 17.6. The maximum absolute atomic E-state index is 12.1. The van der Waals surface area contributed by atoms with E-state index in [1.807, 2.05) is 24.7 Å². The lowest BCUT2D eigenvalue weighted by molar-refractivity contribution is -0.121. The van der Waals surface area contributed by atoms with E-state index in [1.165, 1.54) is 6.42 Å². The van der Waals surface area contributed by atoms with Crippen LogP contribution in [0, 0.1) is 6.92 Å². The van der Waals surface area contributed by atoms with E-state index in [-0.39, 0.29) is 5.91 Å². The SMILES string of the molecule is Cc1nc(CCC(=O)NCc2nccn2C)cc([C@H]2CCCNC2)n1. The Bertz CT molecular complexity index is 720. The van der Waals surface area contributed by atoms with E-state index in [4.69, 9.17) is 0 Å². The van der Waals surface area contributed by atoms with Crippen molar-refractivity contribution in [3.05, 3.63) is 41.5 Å². The number of hydrogen-bond acceptors (Lipinski definition) is 5. The van der Waals surface area contributed by atoms with Gasteiger partial charge in [-0.05, 0) is 38.8 Å². The fourth-order valence-corrected chi connectivity index (χ4v) is 3.17. The summed E-state index contributed by atoms with van der Waals surface area (Å²) in [6.07, 6.45) is 6.98. The molecule has 0 saturated carbocycles. The van der Waals surface area contributed by atoms with Crippen molar-refractivity contribution < 1.29 is 4.79 Å². The van der Waals surface area contributed by atoms with Gasteiger partial charge >= 0.3 is 0 Å². The average molecular weight is 342 g/mol. The highest BCUT2D eigenvalue weighted by atomic mass is 16.1. The summed E-state index contributed by atoms with van der Waals surface area (Å²) in [7, 11) is 1.92. The van der Waals surface area contributed by atoms with Crippen molar-refractivity contribution in [2.75, 3.05) is 13.1 Å². The molecule has 3 rings (SSSR count). The predicted octanol–water partition coefficient (Wildman–Crippen LogP) is 1.23. The average Bonchev–Trinajstić information content (AvgIpc) is 3.03. The molecule has 0 spiro atoms. The lowest BCUT2D eigenvalue weighted by Crippen LogP contribution is -2.29. The van der Waals surface area contributed by atoms with Crippen LogP contribution in [0.3, 0.4) is 0 Å². The summed E-state index contributed by atoms with van der Waals surface area (Å²) in [6, 6.07) is 2.07. The summed E-state index contributed by atoms with van der Waals surface area (Å²) in [5.41, 5.74) is 2.04. The zero-order valence-electron chi connectivity index (χ0n) is 15.0. The number of nitrogens with zero attached hydrogens (tertiary/aromatic N) is 4. The predicted molar refractivity (Wildman–Crippen MR) is 95.0 cm³/mol. The molecule has 0 unspecified atom stereocenters. The third kappa shape index (κ3) is 4.85. The van der Waals surface area contributed by atoms with Gasteiger partial charge in [-0.15, -0.1) is 0 Å². The third-order valence-corrected chi connectivity index (χ3v) is 4.60. The summed E-state index contributed by atoms with van der Waals surface area (Å²) < 4.78 is 1.90. The van der Waals surface area contributed by atoms with Gasteiger partial charge in [-0.1, -0.05) is 0 Å². The first-order chi connectivity index (χ1) is 12.1. The Morgan fingerprint density at radius 3 is 3.04 bits per heavy atom. The molecule has 2 aromatic heterocycles. The lowest BCUT2D eigenvalue weighted by atomic mass is 9.95. The molecule has 0 bridgehead atoms. The van der Waals surface area contributed by atoms with Gasteiger partial charge in [-0.25, -0.2) is 15.0 Å². The van der Waals surface area contributed by atoms with Crippen molar-refractivity contribution in [3.63, 3.8) is 0 Å². The van der Waals surface area contributed by atoms with Crippen molar-refractivity contribution in [2.24, 2.45) is 7.05 Å². The Morgan fingerprint density at radius 1 is 1.44 bits per heavy atom. The minimum atomic E-state index is 0.0140. The molecule has 0 aliphatic carbocycles. The van der Waals surface area contributed by atoms with Gasteiger partial charge in [0.05, 0.1) is 6.54 Å². The van der Waals surface area contributed by atoms with Crippen molar-refractivity contribution >= 4 is 5.91 Å². The molecule has 25 heavy (non-hydrogen) atoms. The van der Waals surface area contributed by atoms with Crippen LogP contribution in [0.5, 0.6) is 0 Å². The summed E-state index contributed by atoms with van der Waals surface area (Å²) in [5.74, 6) is 2.09. The number of rotatable bonds is 6. The Kier molecular flexibility index (Phi) is 5.75. The number of nitrogens with one attached hydrogen (secondary N) is 2. The summed E-state index contributed by atoms with van der Waals surface area (Å²) in [5, 5.41) is 6.34. The van der Waals surface area contributed by atoms with Crippen LogP contribution in [-0.2, 0) is 24.8 Å². The molecule has 1 fully saturated rings. The van der Waals surface area contributed by atoms with Crippen LogP contribution in [0.2, 0.25) is 0 Å². The Labute approximate surface area is 148 Å². The Morgan fingerprint density at radius 2 is 2.32 bits per heavy atom. The first-order valence-electron chi connectivity index (χ1n) is 8.90. The second-order valence-corrected chi connectivity index (χ2v) is 6.61. The van der Waals surface area contributed by atoms with Crippen LogP contribution >= 0.6 is 0 Å². The van der Waals surface area contributed by atoms with Crippen LogP contribution in [0.15, 0.2) is 18.5 Å². The minimum absolute atomic E-state index is 0.0140. The number of carbonyl (C=O) groups is 1. The van der Waals surface area contributed by atoms with E-state index < -0.39 is 0 Å². The van der Waals surface area contributed by atoms with Crippen molar-refractivity contribution in [3.8, 4) is 0 Å². The van der Waals surface area contributed by atoms with E-state index in [2.05, 4.69) is 31.7 Å². The molecule has 3 heterocycles. The van der Waals surface area contributed by atoms with E-state index in [1.54, 1.807) is 6.20 Å². The smallest absolute Gasteiger partial charge is 0.220 e. The van der Waals surface area contributed by atoms with Gasteiger partial charge in [0.2, 0.25) is 5.91 Å². The van der Waals surface area contributed by atoms with Crippen LogP contribution in [0.25, 0.3) is 0 Å². The molecule has 7 nitrogen and oxygen atoms in total. The fraction of sp³-hybridized carbons (Fsp3) is 0.556. The van der Waals surface area contributed by atoms with Gasteiger partial charge in [0.25, 0.3) is 0 Å². The van der Waals surface area contributed by atoms with Gasteiger partial charge in [-0.3, -0.25) is 4.79 Å². The Hall–Kier alpha value is -2.28. The molecule has 1 saturated heterocycles. The molecule has 0 aromatic carbocycles. The normalized spacial score (nSPS) is 17.4. The number of aryl methyl sites for hydroxylation is 3.